The number of amidine groups is 1. The molecule has 190 valence electrons. The molecule has 2 atom stereocenters. The van der Waals surface area contributed by atoms with E-state index in [1.54, 1.807) is 0 Å². The van der Waals surface area contributed by atoms with E-state index in [0.717, 1.165) is 4.31 Å². The lowest BCUT2D eigenvalue weighted by Gasteiger charge is -2.27. The SMILES string of the molecule is CC(C)C[C@@H](N)C(=O)N1CCC[C@H]1C(=O)NC(=N)c1ccc(C(=O)NS(=O)(=O)N(C)C)cc1.Cl. The molecular weight excluding hydrogens is 484 g/mol. The standard InChI is InChI=1S/C21H32N6O5S.ClH/c1-13(2)12-16(22)21(30)27-11-5-6-17(27)20(29)24-18(23)14-7-9-15(10-8-14)19(28)25-33(31,32)26(3)4;/h7-10,13,16-17H,5-6,11-12,22H2,1-4H3,(H,25,28)(H2,23,24,29);1H/t16-,17+;/m1./s1. The maximum absolute atomic E-state index is 12.8. The van der Waals surface area contributed by atoms with Gasteiger partial charge in [0.25, 0.3) is 5.91 Å². The molecule has 0 saturated carbocycles. The van der Waals surface area contributed by atoms with Crippen LogP contribution in [0.1, 0.15) is 49.0 Å². The van der Waals surface area contributed by atoms with Crippen LogP contribution in [-0.2, 0) is 19.8 Å². The first-order valence-corrected chi connectivity index (χ1v) is 12.1. The van der Waals surface area contributed by atoms with Gasteiger partial charge in [0, 0.05) is 31.8 Å². The van der Waals surface area contributed by atoms with Crippen molar-refractivity contribution in [1.82, 2.24) is 19.2 Å². The number of amides is 3. The van der Waals surface area contributed by atoms with Crippen LogP contribution in [0.5, 0.6) is 0 Å². The number of rotatable bonds is 8. The molecule has 1 saturated heterocycles. The van der Waals surface area contributed by atoms with Crippen LogP contribution in [0.2, 0.25) is 0 Å². The van der Waals surface area contributed by atoms with Crippen molar-refractivity contribution in [2.45, 2.75) is 45.2 Å². The zero-order valence-electron chi connectivity index (χ0n) is 19.7. The number of hydrogen-bond acceptors (Lipinski definition) is 7. The largest absolute Gasteiger partial charge is 0.329 e. The summed E-state index contributed by atoms with van der Waals surface area (Å²) in [5, 5.41) is 10.7. The lowest BCUT2D eigenvalue weighted by atomic mass is 10.0. The van der Waals surface area contributed by atoms with Gasteiger partial charge in [-0.15, -0.1) is 12.4 Å². The fourth-order valence-corrected chi connectivity index (χ4v) is 3.99. The van der Waals surface area contributed by atoms with Gasteiger partial charge in [-0.3, -0.25) is 19.8 Å². The first-order valence-electron chi connectivity index (χ1n) is 10.6. The minimum atomic E-state index is -3.93. The molecule has 1 aromatic carbocycles. The molecule has 0 radical (unpaired) electrons. The summed E-state index contributed by atoms with van der Waals surface area (Å²) in [6.45, 7) is 4.38. The predicted molar refractivity (Wildman–Crippen MR) is 131 cm³/mol. The van der Waals surface area contributed by atoms with Gasteiger partial charge in [0.05, 0.1) is 6.04 Å². The van der Waals surface area contributed by atoms with Crippen LogP contribution in [-0.4, -0.2) is 73.9 Å². The minimum absolute atomic E-state index is 0. The molecule has 1 heterocycles. The Morgan fingerprint density at radius 2 is 1.74 bits per heavy atom. The highest BCUT2D eigenvalue weighted by molar-refractivity contribution is 7.87. The van der Waals surface area contributed by atoms with Crippen LogP contribution < -0.4 is 15.8 Å². The summed E-state index contributed by atoms with van der Waals surface area (Å²) in [6.07, 6.45) is 1.68. The highest BCUT2D eigenvalue weighted by atomic mass is 35.5. The number of nitrogens with one attached hydrogen (secondary N) is 3. The highest BCUT2D eigenvalue weighted by Crippen LogP contribution is 2.20. The van der Waals surface area contributed by atoms with E-state index in [2.05, 4.69) is 5.32 Å². The second kappa shape index (κ2) is 12.2. The first kappa shape index (κ1) is 29.5. The summed E-state index contributed by atoms with van der Waals surface area (Å²) in [6, 6.07) is 4.19. The van der Waals surface area contributed by atoms with Gasteiger partial charge >= 0.3 is 10.2 Å². The molecular formula is C21H33ClN6O5S. The van der Waals surface area contributed by atoms with E-state index in [-0.39, 0.29) is 35.6 Å². The third-order valence-corrected chi connectivity index (χ3v) is 6.67. The van der Waals surface area contributed by atoms with Crippen molar-refractivity contribution in [3.8, 4) is 0 Å². The molecule has 11 nitrogen and oxygen atoms in total. The Labute approximate surface area is 206 Å². The second-order valence-corrected chi connectivity index (χ2v) is 10.5. The third kappa shape index (κ3) is 7.49. The number of nitrogens with zero attached hydrogens (tertiary/aromatic N) is 2. The molecule has 13 heteroatoms. The maximum atomic E-state index is 12.8. The van der Waals surface area contributed by atoms with Crippen molar-refractivity contribution in [1.29, 1.82) is 5.41 Å². The van der Waals surface area contributed by atoms with E-state index >= 15 is 0 Å². The second-order valence-electron chi connectivity index (χ2n) is 8.59. The smallest absolute Gasteiger partial charge is 0.303 e. The summed E-state index contributed by atoms with van der Waals surface area (Å²) in [5.74, 6) is -1.50. The Balaban J connectivity index is 0.00000578. The zero-order chi connectivity index (χ0) is 24.9. The number of benzene rings is 1. The number of likely N-dealkylation sites (tertiary alicyclic amines) is 1. The van der Waals surface area contributed by atoms with Crippen LogP contribution >= 0.6 is 12.4 Å². The van der Waals surface area contributed by atoms with Crippen LogP contribution in [0.15, 0.2) is 24.3 Å². The Morgan fingerprint density at radius 1 is 1.18 bits per heavy atom. The lowest BCUT2D eigenvalue weighted by Crippen LogP contribution is -2.52. The van der Waals surface area contributed by atoms with E-state index in [4.69, 9.17) is 11.1 Å². The van der Waals surface area contributed by atoms with E-state index in [0.29, 0.717) is 31.4 Å². The summed E-state index contributed by atoms with van der Waals surface area (Å²) in [5.41, 5.74) is 6.41. The van der Waals surface area contributed by atoms with Crippen LogP contribution in [0.25, 0.3) is 0 Å². The predicted octanol–water partition coefficient (Wildman–Crippen LogP) is 0.451. The van der Waals surface area contributed by atoms with Crippen molar-refractivity contribution in [2.24, 2.45) is 11.7 Å². The van der Waals surface area contributed by atoms with E-state index < -0.39 is 34.1 Å². The van der Waals surface area contributed by atoms with Gasteiger partial charge in [-0.05, 0) is 37.3 Å². The molecule has 0 bridgehead atoms. The first-order chi connectivity index (χ1) is 15.3. The fraction of sp³-hybridized carbons (Fsp3) is 0.524. The Hall–Kier alpha value is -2.54. The van der Waals surface area contributed by atoms with Crippen LogP contribution in [0.4, 0.5) is 0 Å². The summed E-state index contributed by atoms with van der Waals surface area (Å²) in [4.78, 5) is 39.1. The molecule has 1 fully saturated rings. The van der Waals surface area contributed by atoms with Crippen molar-refractivity contribution < 1.29 is 22.8 Å². The topological polar surface area (TPSA) is 166 Å². The molecule has 1 aliphatic rings. The average Bonchev–Trinajstić information content (AvgIpc) is 3.22. The quantitative estimate of drug-likeness (QED) is 0.289. The van der Waals surface area contributed by atoms with Crippen LogP contribution in [0, 0.1) is 11.3 Å². The zero-order valence-corrected chi connectivity index (χ0v) is 21.3. The monoisotopic (exact) mass is 516 g/mol. The van der Waals surface area contributed by atoms with Crippen molar-refractivity contribution in [3.05, 3.63) is 35.4 Å². The number of halogens is 1. The van der Waals surface area contributed by atoms with E-state index in [9.17, 15) is 22.8 Å². The molecule has 5 N–H and O–H groups in total. The van der Waals surface area contributed by atoms with E-state index in [1.807, 2.05) is 18.6 Å². The van der Waals surface area contributed by atoms with Gasteiger partial charge in [-0.1, -0.05) is 26.0 Å². The number of nitrogens with two attached hydrogens (primary N) is 1. The molecule has 0 spiro atoms. The summed E-state index contributed by atoms with van der Waals surface area (Å²) >= 11 is 0. The molecule has 3 amide bonds. The molecule has 1 aliphatic heterocycles. The number of carbonyl (C=O) groups excluding carboxylic acids is 3. The van der Waals surface area contributed by atoms with Crippen molar-refractivity contribution in [3.63, 3.8) is 0 Å². The fourth-order valence-electron chi connectivity index (χ4n) is 3.46. The molecule has 0 unspecified atom stereocenters. The van der Waals surface area contributed by atoms with Gasteiger partial charge in [-0.25, -0.2) is 4.72 Å². The third-order valence-electron chi connectivity index (χ3n) is 5.27. The van der Waals surface area contributed by atoms with Gasteiger partial charge in [0.2, 0.25) is 11.8 Å². The van der Waals surface area contributed by atoms with Crippen molar-refractivity contribution >= 4 is 46.2 Å². The molecule has 1 aromatic rings. The summed E-state index contributed by atoms with van der Waals surface area (Å²) < 4.78 is 26.4. The molecule has 34 heavy (non-hydrogen) atoms. The Bertz CT molecular complexity index is 1010. The van der Waals surface area contributed by atoms with Crippen molar-refractivity contribution in [2.75, 3.05) is 20.6 Å². The van der Waals surface area contributed by atoms with Gasteiger partial charge < -0.3 is 16.0 Å². The molecule has 0 aromatic heterocycles. The normalized spacial score (nSPS) is 16.7. The van der Waals surface area contributed by atoms with Gasteiger partial charge in [0.1, 0.15) is 11.9 Å². The Morgan fingerprint density at radius 3 is 2.26 bits per heavy atom. The Kier molecular flexibility index (Phi) is 10.6. The van der Waals surface area contributed by atoms with Gasteiger partial charge in [-0.2, -0.15) is 12.7 Å². The van der Waals surface area contributed by atoms with Gasteiger partial charge in [0.15, 0.2) is 0 Å². The molecule has 0 aliphatic carbocycles. The minimum Gasteiger partial charge on any atom is -0.329 e. The molecule has 2 rings (SSSR count). The highest BCUT2D eigenvalue weighted by Gasteiger charge is 2.36. The summed E-state index contributed by atoms with van der Waals surface area (Å²) in [7, 11) is -1.35. The van der Waals surface area contributed by atoms with E-state index in [1.165, 1.54) is 43.3 Å². The lowest BCUT2D eigenvalue weighted by molar-refractivity contribution is -0.139. The number of carbonyl (C=O) groups is 3. The number of hydrogen-bond donors (Lipinski definition) is 4. The average molecular weight is 517 g/mol. The maximum Gasteiger partial charge on any atom is 0.303 e. The van der Waals surface area contributed by atoms with Crippen LogP contribution in [0.3, 0.4) is 0 Å².